The van der Waals surface area contributed by atoms with Gasteiger partial charge in [-0.05, 0) is 30.2 Å². The molecule has 118 valence electrons. The van der Waals surface area contributed by atoms with Crippen molar-refractivity contribution in [2.45, 2.75) is 19.5 Å². The third-order valence-corrected chi connectivity index (χ3v) is 4.29. The second kappa shape index (κ2) is 6.42. The van der Waals surface area contributed by atoms with Gasteiger partial charge in [-0.25, -0.2) is 0 Å². The molecule has 1 heterocycles. The predicted molar refractivity (Wildman–Crippen MR) is 90.4 cm³/mol. The van der Waals surface area contributed by atoms with E-state index in [1.165, 1.54) is 0 Å². The van der Waals surface area contributed by atoms with Crippen molar-refractivity contribution < 1.29 is 9.90 Å². The summed E-state index contributed by atoms with van der Waals surface area (Å²) < 4.78 is 0. The molecule has 5 heteroatoms. The maximum atomic E-state index is 11.7. The first kappa shape index (κ1) is 15.6. The van der Waals surface area contributed by atoms with Gasteiger partial charge >= 0.3 is 5.97 Å². The van der Waals surface area contributed by atoms with E-state index in [1.54, 1.807) is 19.1 Å². The molecule has 2 aromatic carbocycles. The number of hydrogen-bond donors (Lipinski definition) is 1. The molecule has 0 bridgehead atoms. The van der Waals surface area contributed by atoms with Gasteiger partial charge in [-0.15, -0.1) is 0 Å². The van der Waals surface area contributed by atoms with Gasteiger partial charge in [-0.3, -0.25) is 9.80 Å². The number of aliphatic carboxylic acids is 1. The maximum absolute atomic E-state index is 11.7. The van der Waals surface area contributed by atoms with Gasteiger partial charge in [0.1, 0.15) is 5.92 Å². The van der Waals surface area contributed by atoms with E-state index in [0.717, 1.165) is 11.1 Å². The average molecular weight is 329 g/mol. The van der Waals surface area contributed by atoms with Crippen LogP contribution in [0.1, 0.15) is 24.1 Å². The normalized spacial score (nSPS) is 20.4. The molecule has 1 aliphatic rings. The highest BCUT2D eigenvalue weighted by atomic mass is 35.5. The SMILES string of the molecule is CC1=NN(Cc2ccccc2)C(c2ccc(Cl)cc2)C1C(=O)O. The molecule has 0 fully saturated rings. The lowest BCUT2D eigenvalue weighted by molar-refractivity contribution is -0.140. The van der Waals surface area contributed by atoms with E-state index >= 15 is 0 Å². The minimum atomic E-state index is -0.859. The van der Waals surface area contributed by atoms with Crippen molar-refractivity contribution in [1.82, 2.24) is 5.01 Å². The highest BCUT2D eigenvalue weighted by molar-refractivity contribution is 6.30. The molecule has 0 amide bonds. The molecule has 0 radical (unpaired) electrons. The third kappa shape index (κ3) is 3.22. The zero-order valence-electron chi connectivity index (χ0n) is 12.7. The summed E-state index contributed by atoms with van der Waals surface area (Å²) in [5.41, 5.74) is 2.61. The Balaban J connectivity index is 1.95. The Hall–Kier alpha value is -2.33. The number of hydrogen-bond acceptors (Lipinski definition) is 3. The topological polar surface area (TPSA) is 52.9 Å². The van der Waals surface area contributed by atoms with Gasteiger partial charge in [-0.1, -0.05) is 54.1 Å². The van der Waals surface area contributed by atoms with Gasteiger partial charge in [0.25, 0.3) is 0 Å². The van der Waals surface area contributed by atoms with E-state index in [1.807, 2.05) is 47.5 Å². The maximum Gasteiger partial charge on any atom is 0.314 e. The largest absolute Gasteiger partial charge is 0.481 e. The molecule has 0 aliphatic carbocycles. The van der Waals surface area contributed by atoms with Crippen LogP contribution in [0.25, 0.3) is 0 Å². The molecular weight excluding hydrogens is 312 g/mol. The van der Waals surface area contributed by atoms with Gasteiger partial charge in [0.15, 0.2) is 0 Å². The summed E-state index contributed by atoms with van der Waals surface area (Å²) in [5, 5.41) is 16.6. The Bertz CT molecular complexity index is 728. The van der Waals surface area contributed by atoms with Gasteiger partial charge < -0.3 is 5.11 Å². The smallest absolute Gasteiger partial charge is 0.314 e. The summed E-state index contributed by atoms with van der Waals surface area (Å²) in [7, 11) is 0. The molecule has 4 nitrogen and oxygen atoms in total. The number of hydrazone groups is 1. The Morgan fingerprint density at radius 2 is 1.83 bits per heavy atom. The summed E-state index contributed by atoms with van der Waals surface area (Å²) >= 11 is 5.95. The Morgan fingerprint density at radius 3 is 2.43 bits per heavy atom. The fourth-order valence-corrected chi connectivity index (χ4v) is 3.10. The van der Waals surface area contributed by atoms with Crippen LogP contribution in [0.5, 0.6) is 0 Å². The van der Waals surface area contributed by atoms with Gasteiger partial charge in [0, 0.05) is 5.02 Å². The lowest BCUT2D eigenvalue weighted by atomic mass is 9.90. The second-order valence-corrected chi connectivity index (χ2v) is 6.07. The minimum absolute atomic E-state index is 0.329. The highest BCUT2D eigenvalue weighted by Crippen LogP contribution is 2.37. The first-order valence-electron chi connectivity index (χ1n) is 7.40. The Labute approximate surface area is 140 Å². The van der Waals surface area contributed by atoms with Gasteiger partial charge in [0.2, 0.25) is 0 Å². The zero-order chi connectivity index (χ0) is 16.4. The summed E-state index contributed by atoms with van der Waals surface area (Å²) in [6.45, 7) is 2.34. The third-order valence-electron chi connectivity index (χ3n) is 4.04. The van der Waals surface area contributed by atoms with Crippen LogP contribution in [0.2, 0.25) is 5.02 Å². The fourth-order valence-electron chi connectivity index (χ4n) is 2.97. The zero-order valence-corrected chi connectivity index (χ0v) is 13.4. The van der Waals surface area contributed by atoms with E-state index < -0.39 is 11.9 Å². The molecule has 0 aromatic heterocycles. The minimum Gasteiger partial charge on any atom is -0.481 e. The van der Waals surface area contributed by atoms with E-state index in [2.05, 4.69) is 5.10 Å². The van der Waals surface area contributed by atoms with Crippen LogP contribution in [0.3, 0.4) is 0 Å². The van der Waals surface area contributed by atoms with Crippen molar-refractivity contribution in [3.8, 4) is 0 Å². The van der Waals surface area contributed by atoms with Crippen LogP contribution < -0.4 is 0 Å². The second-order valence-electron chi connectivity index (χ2n) is 5.64. The first-order chi connectivity index (χ1) is 11.1. The number of rotatable bonds is 4. The Kier molecular flexibility index (Phi) is 4.35. The van der Waals surface area contributed by atoms with Crippen LogP contribution in [0.4, 0.5) is 0 Å². The molecule has 1 N–H and O–H groups in total. The first-order valence-corrected chi connectivity index (χ1v) is 7.78. The molecule has 2 aromatic rings. The standard InChI is InChI=1S/C18H17ClN2O2/c1-12-16(18(22)23)17(14-7-9-15(19)10-8-14)21(20-12)11-13-5-3-2-4-6-13/h2-10,16-17H,11H2,1H3,(H,22,23). The van der Waals surface area contributed by atoms with Gasteiger partial charge in [0.05, 0.1) is 18.3 Å². The van der Waals surface area contributed by atoms with E-state index in [4.69, 9.17) is 11.6 Å². The number of carboxylic acid groups (broad SMARTS) is 1. The molecule has 3 rings (SSSR count). The van der Waals surface area contributed by atoms with Crippen LogP contribution >= 0.6 is 11.6 Å². The van der Waals surface area contributed by atoms with Crippen LogP contribution in [0.15, 0.2) is 59.7 Å². The molecule has 0 saturated carbocycles. The number of benzene rings is 2. The number of nitrogens with zero attached hydrogens (tertiary/aromatic N) is 2. The highest BCUT2D eigenvalue weighted by Gasteiger charge is 2.41. The van der Waals surface area contributed by atoms with Crippen LogP contribution in [0, 0.1) is 5.92 Å². The average Bonchev–Trinajstić information content (AvgIpc) is 2.85. The van der Waals surface area contributed by atoms with Crippen molar-refractivity contribution in [3.63, 3.8) is 0 Å². The number of carboxylic acids is 1. The molecule has 0 saturated heterocycles. The number of carbonyl (C=O) groups is 1. The van der Waals surface area contributed by atoms with Crippen molar-refractivity contribution in [2.24, 2.45) is 11.0 Å². The monoisotopic (exact) mass is 328 g/mol. The molecule has 0 spiro atoms. The summed E-state index contributed by atoms with van der Waals surface area (Å²) in [4.78, 5) is 11.7. The van der Waals surface area contributed by atoms with Crippen molar-refractivity contribution in [3.05, 3.63) is 70.7 Å². The lowest BCUT2D eigenvalue weighted by Crippen LogP contribution is -2.30. The van der Waals surface area contributed by atoms with Gasteiger partial charge in [-0.2, -0.15) is 5.10 Å². The Morgan fingerprint density at radius 1 is 1.17 bits per heavy atom. The van der Waals surface area contributed by atoms with Crippen LogP contribution in [-0.4, -0.2) is 21.8 Å². The molecule has 23 heavy (non-hydrogen) atoms. The van der Waals surface area contributed by atoms with E-state index in [-0.39, 0.29) is 6.04 Å². The summed E-state index contributed by atoms with van der Waals surface area (Å²) in [6, 6.07) is 16.9. The molecule has 2 atom stereocenters. The molecule has 1 aliphatic heterocycles. The summed E-state index contributed by atoms with van der Waals surface area (Å²) in [5.74, 6) is -1.51. The van der Waals surface area contributed by atoms with Crippen molar-refractivity contribution >= 4 is 23.3 Å². The summed E-state index contributed by atoms with van der Waals surface area (Å²) in [6.07, 6.45) is 0. The predicted octanol–water partition coefficient (Wildman–Crippen LogP) is 3.97. The fraction of sp³-hybridized carbons (Fsp3) is 0.222. The van der Waals surface area contributed by atoms with Crippen molar-refractivity contribution in [2.75, 3.05) is 0 Å². The van der Waals surface area contributed by atoms with E-state index in [9.17, 15) is 9.90 Å². The van der Waals surface area contributed by atoms with E-state index in [0.29, 0.717) is 17.3 Å². The molecular formula is C18H17ClN2O2. The number of halogens is 1. The lowest BCUT2D eigenvalue weighted by Gasteiger charge is -2.27. The van der Waals surface area contributed by atoms with Crippen LogP contribution in [-0.2, 0) is 11.3 Å². The quantitative estimate of drug-likeness (QED) is 0.923. The van der Waals surface area contributed by atoms with Crippen molar-refractivity contribution in [1.29, 1.82) is 0 Å². The molecule has 2 unspecified atom stereocenters.